The van der Waals surface area contributed by atoms with Crippen molar-refractivity contribution >= 4 is 23.4 Å². The number of hydrogen-bond acceptors (Lipinski definition) is 3. The van der Waals surface area contributed by atoms with Crippen molar-refractivity contribution in [2.24, 2.45) is 16.7 Å². The number of fused-ring (bicyclic) bond motifs is 1. The molecule has 2 amide bonds. The predicted molar refractivity (Wildman–Crippen MR) is 142 cm³/mol. The van der Waals surface area contributed by atoms with Crippen LogP contribution in [0.2, 0.25) is 0 Å². The molecule has 2 aliphatic heterocycles. The van der Waals surface area contributed by atoms with Gasteiger partial charge in [0.25, 0.3) is 0 Å². The smallest absolute Gasteiger partial charge is 0.335 e. The van der Waals surface area contributed by atoms with Gasteiger partial charge in [-0.1, -0.05) is 62.8 Å². The largest absolute Gasteiger partial charge is 0.478 e. The molecule has 0 bridgehead atoms. The van der Waals surface area contributed by atoms with Gasteiger partial charge in [0.1, 0.15) is 5.82 Å². The van der Waals surface area contributed by atoms with Gasteiger partial charge in [0, 0.05) is 43.4 Å². The number of amides is 2. The second-order valence-electron chi connectivity index (χ2n) is 11.5. The highest BCUT2D eigenvalue weighted by atomic mass is 19.1. The number of hydrogen-bond donors (Lipinski definition) is 1. The van der Waals surface area contributed by atoms with E-state index in [4.69, 9.17) is 0 Å². The van der Waals surface area contributed by atoms with Crippen molar-refractivity contribution in [2.45, 2.75) is 40.2 Å². The van der Waals surface area contributed by atoms with Crippen LogP contribution >= 0.6 is 0 Å². The van der Waals surface area contributed by atoms with Gasteiger partial charge in [-0.15, -0.1) is 0 Å². The van der Waals surface area contributed by atoms with Gasteiger partial charge in [-0.25, -0.2) is 9.18 Å². The Bertz CT molecular complexity index is 1360. The summed E-state index contributed by atoms with van der Waals surface area (Å²) in [6.45, 7) is 8.29. The van der Waals surface area contributed by atoms with E-state index in [1.807, 2.05) is 17.0 Å². The van der Waals surface area contributed by atoms with Crippen molar-refractivity contribution in [1.29, 1.82) is 0 Å². The minimum Gasteiger partial charge on any atom is -0.478 e. The number of carbonyl (C=O) groups excluding carboxylic acids is 2. The molecule has 2 aromatic carbocycles. The third kappa shape index (κ3) is 4.66. The lowest BCUT2D eigenvalue weighted by Crippen LogP contribution is -2.50. The Morgan fingerprint density at radius 3 is 2.50 bits per heavy atom. The number of allylic oxidation sites excluding steroid dienone is 2. The Balaban J connectivity index is 1.30. The monoisotopic (exact) mass is 516 g/mol. The van der Waals surface area contributed by atoms with Crippen molar-refractivity contribution in [3.63, 3.8) is 0 Å². The van der Waals surface area contributed by atoms with Crippen molar-refractivity contribution in [3.05, 3.63) is 88.8 Å². The lowest BCUT2D eigenvalue weighted by molar-refractivity contribution is -0.137. The second-order valence-corrected chi connectivity index (χ2v) is 11.5. The molecule has 1 fully saturated rings. The van der Waals surface area contributed by atoms with E-state index in [0.717, 1.165) is 17.6 Å². The summed E-state index contributed by atoms with van der Waals surface area (Å²) in [5.74, 6) is -1.76. The summed E-state index contributed by atoms with van der Waals surface area (Å²) >= 11 is 0. The van der Waals surface area contributed by atoms with Crippen molar-refractivity contribution in [3.8, 4) is 0 Å². The molecule has 7 heteroatoms. The number of halogens is 1. The Kier molecular flexibility index (Phi) is 6.49. The van der Waals surface area contributed by atoms with E-state index in [2.05, 4.69) is 32.9 Å². The molecular weight excluding hydrogens is 483 g/mol. The molecule has 1 aliphatic carbocycles. The molecule has 0 spiro atoms. The van der Waals surface area contributed by atoms with Gasteiger partial charge in [0.2, 0.25) is 11.8 Å². The van der Waals surface area contributed by atoms with Crippen LogP contribution in [0.15, 0.2) is 66.3 Å². The zero-order valence-corrected chi connectivity index (χ0v) is 22.0. The minimum absolute atomic E-state index is 0.00606. The van der Waals surface area contributed by atoms with Gasteiger partial charge in [0.05, 0.1) is 11.5 Å². The van der Waals surface area contributed by atoms with E-state index in [-0.39, 0.29) is 40.4 Å². The summed E-state index contributed by atoms with van der Waals surface area (Å²) < 4.78 is 13.6. The average molecular weight is 517 g/mol. The first-order chi connectivity index (χ1) is 18.0. The van der Waals surface area contributed by atoms with E-state index in [1.165, 1.54) is 17.7 Å². The molecule has 5 rings (SSSR count). The molecular formula is C31H33FN2O4. The van der Waals surface area contributed by atoms with Crippen LogP contribution in [0.25, 0.3) is 5.57 Å². The Labute approximate surface area is 222 Å². The summed E-state index contributed by atoms with van der Waals surface area (Å²) in [7, 11) is 0. The fourth-order valence-electron chi connectivity index (χ4n) is 6.57. The maximum atomic E-state index is 13.6. The number of rotatable bonds is 5. The number of aromatic carboxylic acids is 1. The molecule has 1 unspecified atom stereocenters. The summed E-state index contributed by atoms with van der Waals surface area (Å²) in [5.41, 5.74) is 3.91. The molecule has 0 saturated carbocycles. The normalized spacial score (nSPS) is 24.5. The first kappa shape index (κ1) is 25.9. The molecule has 2 heterocycles. The first-order valence-electron chi connectivity index (χ1n) is 13.0. The summed E-state index contributed by atoms with van der Waals surface area (Å²) in [6, 6.07) is 13.2. The van der Waals surface area contributed by atoms with E-state index in [1.54, 1.807) is 29.2 Å². The van der Waals surface area contributed by atoms with Crippen LogP contribution in [-0.4, -0.2) is 52.3 Å². The van der Waals surface area contributed by atoms with Crippen LogP contribution in [0.5, 0.6) is 0 Å². The molecule has 1 N–H and O–H groups in total. The number of carbonyl (C=O) groups is 3. The highest BCUT2D eigenvalue weighted by Crippen LogP contribution is 2.55. The summed E-state index contributed by atoms with van der Waals surface area (Å²) in [6.07, 6.45) is 5.33. The lowest BCUT2D eigenvalue weighted by Gasteiger charge is -2.51. The first-order valence-corrected chi connectivity index (χ1v) is 13.0. The number of carboxylic acid groups (broad SMARTS) is 1. The molecule has 0 radical (unpaired) electrons. The van der Waals surface area contributed by atoms with E-state index < -0.39 is 11.9 Å². The molecule has 0 aromatic heterocycles. The molecule has 3 aliphatic rings. The molecule has 198 valence electrons. The number of likely N-dealkylation sites (tertiary alicyclic amines) is 1. The third-order valence-electron chi connectivity index (χ3n) is 8.39. The van der Waals surface area contributed by atoms with Crippen molar-refractivity contribution in [2.75, 3.05) is 19.6 Å². The van der Waals surface area contributed by atoms with Gasteiger partial charge < -0.3 is 14.9 Å². The number of carboxylic acids is 1. The van der Waals surface area contributed by atoms with Crippen molar-refractivity contribution in [1.82, 2.24) is 9.80 Å². The molecule has 6 nitrogen and oxygen atoms in total. The van der Waals surface area contributed by atoms with E-state index >= 15 is 0 Å². The van der Waals surface area contributed by atoms with Gasteiger partial charge in [-0.2, -0.15) is 0 Å². The average Bonchev–Trinajstić information content (AvgIpc) is 3.23. The fourth-order valence-corrected chi connectivity index (χ4v) is 6.57. The van der Waals surface area contributed by atoms with Gasteiger partial charge >= 0.3 is 5.97 Å². The van der Waals surface area contributed by atoms with E-state index in [0.29, 0.717) is 31.7 Å². The van der Waals surface area contributed by atoms with Crippen LogP contribution in [0, 0.1) is 22.6 Å². The number of benzene rings is 2. The molecule has 38 heavy (non-hydrogen) atoms. The minimum atomic E-state index is -0.943. The molecule has 2 aromatic rings. The van der Waals surface area contributed by atoms with Crippen LogP contribution in [0.3, 0.4) is 0 Å². The zero-order valence-electron chi connectivity index (χ0n) is 22.0. The summed E-state index contributed by atoms with van der Waals surface area (Å²) in [4.78, 5) is 41.0. The lowest BCUT2D eigenvalue weighted by atomic mass is 9.58. The maximum absolute atomic E-state index is 13.6. The fraction of sp³-hybridized carbons (Fsp3) is 0.387. The molecule has 2 atom stereocenters. The zero-order chi connectivity index (χ0) is 27.2. The van der Waals surface area contributed by atoms with Crippen LogP contribution in [0.4, 0.5) is 4.39 Å². The predicted octanol–water partition coefficient (Wildman–Crippen LogP) is 5.16. The Morgan fingerprint density at radius 1 is 1.08 bits per heavy atom. The SMILES string of the molecule is CC1(C)C(c2ccc(C(=O)O)cc2)=CC[C@]2(C)CN(C(=O)C3CC(=O)N(Cc4cccc(F)c4)C3)CC=C12. The van der Waals surface area contributed by atoms with Crippen LogP contribution < -0.4 is 0 Å². The van der Waals surface area contributed by atoms with Crippen LogP contribution in [-0.2, 0) is 16.1 Å². The standard InChI is InChI=1S/C31H33FN2O4/c1-30(2)25(21-7-9-22(10-8-21)29(37)38)11-13-31(3)19-33(14-12-26(30)31)28(36)23-16-27(35)34(18-23)17-20-5-4-6-24(32)15-20/h4-12,15,23H,13-14,16-19H2,1-3H3,(H,37,38)/t23?,31-/m1/s1. The van der Waals surface area contributed by atoms with Crippen molar-refractivity contribution < 1.29 is 23.9 Å². The maximum Gasteiger partial charge on any atom is 0.335 e. The van der Waals surface area contributed by atoms with Gasteiger partial charge in [0.15, 0.2) is 0 Å². The highest BCUT2D eigenvalue weighted by molar-refractivity contribution is 5.90. The van der Waals surface area contributed by atoms with E-state index in [9.17, 15) is 23.9 Å². The Hall–Kier alpha value is -3.74. The second kappa shape index (κ2) is 9.53. The molecule has 1 saturated heterocycles. The highest BCUT2D eigenvalue weighted by Gasteiger charge is 2.47. The van der Waals surface area contributed by atoms with Gasteiger partial charge in [-0.05, 0) is 47.4 Å². The number of nitrogens with zero attached hydrogens (tertiary/aromatic N) is 2. The van der Waals surface area contributed by atoms with Crippen LogP contribution in [0.1, 0.15) is 55.1 Å². The topological polar surface area (TPSA) is 77.9 Å². The Morgan fingerprint density at radius 2 is 1.82 bits per heavy atom. The summed E-state index contributed by atoms with van der Waals surface area (Å²) in [5, 5.41) is 9.24. The third-order valence-corrected chi connectivity index (χ3v) is 8.39. The quantitative estimate of drug-likeness (QED) is 0.557. The van der Waals surface area contributed by atoms with Gasteiger partial charge in [-0.3, -0.25) is 9.59 Å².